The number of ether oxygens (including phenoxy) is 2. The summed E-state index contributed by atoms with van der Waals surface area (Å²) in [5, 5.41) is 9.59. The van der Waals surface area contributed by atoms with Crippen LogP contribution in [0.2, 0.25) is 5.02 Å². The third kappa shape index (κ3) is 8.12. The van der Waals surface area contributed by atoms with Crippen molar-refractivity contribution in [1.29, 1.82) is 0 Å². The largest absolute Gasteiger partial charge is 0.493 e. The quantitative estimate of drug-likeness (QED) is 0.293. The first-order chi connectivity index (χ1) is 15.7. The van der Waals surface area contributed by atoms with E-state index in [1.807, 2.05) is 19.9 Å². The lowest BCUT2D eigenvalue weighted by Gasteiger charge is -2.12. The maximum atomic E-state index is 12.2. The summed E-state index contributed by atoms with van der Waals surface area (Å²) in [6, 6.07) is 9.99. The van der Waals surface area contributed by atoms with Crippen LogP contribution < -0.4 is 25.5 Å². The lowest BCUT2D eigenvalue weighted by Crippen LogP contribution is -2.41. The topological polar surface area (TPSA) is 118 Å². The van der Waals surface area contributed by atoms with Gasteiger partial charge >= 0.3 is 11.8 Å². The summed E-state index contributed by atoms with van der Waals surface area (Å²) in [5.74, 6) is -1.26. The van der Waals surface area contributed by atoms with Gasteiger partial charge < -0.3 is 20.1 Å². The van der Waals surface area contributed by atoms with Crippen LogP contribution in [0.25, 0.3) is 0 Å². The molecule has 176 valence electrons. The van der Waals surface area contributed by atoms with Crippen LogP contribution in [0.4, 0.5) is 5.69 Å². The van der Waals surface area contributed by atoms with Crippen molar-refractivity contribution in [1.82, 2.24) is 10.7 Å². The van der Waals surface area contributed by atoms with Gasteiger partial charge in [-0.05, 0) is 61.7 Å². The minimum atomic E-state index is -0.862. The van der Waals surface area contributed by atoms with Crippen molar-refractivity contribution in [2.75, 3.05) is 19.0 Å². The summed E-state index contributed by atoms with van der Waals surface area (Å²) in [5.41, 5.74) is 4.23. The third-order valence-electron chi connectivity index (χ3n) is 4.58. The molecule has 2 aromatic rings. The average molecular weight is 475 g/mol. The molecule has 0 spiro atoms. The summed E-state index contributed by atoms with van der Waals surface area (Å²) < 4.78 is 10.9. The van der Waals surface area contributed by atoms with E-state index in [1.54, 1.807) is 37.3 Å². The van der Waals surface area contributed by atoms with Gasteiger partial charge in [0.25, 0.3) is 5.91 Å². The van der Waals surface area contributed by atoms with Gasteiger partial charge in [0.05, 0.1) is 13.3 Å². The van der Waals surface area contributed by atoms with E-state index in [0.29, 0.717) is 34.2 Å². The van der Waals surface area contributed by atoms with Crippen LogP contribution in [0.3, 0.4) is 0 Å². The number of halogens is 1. The molecule has 10 heteroatoms. The highest BCUT2D eigenvalue weighted by Gasteiger charge is 2.14. The number of anilines is 1. The number of benzene rings is 2. The van der Waals surface area contributed by atoms with Gasteiger partial charge in [0.15, 0.2) is 18.1 Å². The van der Waals surface area contributed by atoms with Crippen molar-refractivity contribution in [2.24, 2.45) is 5.10 Å². The van der Waals surface area contributed by atoms with Crippen molar-refractivity contribution < 1.29 is 23.9 Å². The number of hydrogen-bond acceptors (Lipinski definition) is 6. The summed E-state index contributed by atoms with van der Waals surface area (Å²) in [4.78, 5) is 35.6. The highest BCUT2D eigenvalue weighted by molar-refractivity contribution is 6.35. The molecule has 1 atom stereocenters. The Morgan fingerprint density at radius 3 is 2.55 bits per heavy atom. The first kappa shape index (κ1) is 25.7. The molecule has 0 radical (unpaired) electrons. The molecule has 0 aliphatic rings. The molecule has 0 fully saturated rings. The van der Waals surface area contributed by atoms with Crippen LogP contribution in [0.5, 0.6) is 11.5 Å². The van der Waals surface area contributed by atoms with Crippen LogP contribution in [-0.2, 0) is 14.4 Å². The van der Waals surface area contributed by atoms with Crippen LogP contribution in [-0.4, -0.2) is 43.7 Å². The number of hydrazone groups is 1. The predicted octanol–water partition coefficient (Wildman–Crippen LogP) is 3.04. The van der Waals surface area contributed by atoms with Crippen molar-refractivity contribution >= 4 is 41.2 Å². The molecule has 0 heterocycles. The summed E-state index contributed by atoms with van der Waals surface area (Å²) in [6.07, 6.45) is 2.06. The zero-order chi connectivity index (χ0) is 24.4. The van der Waals surface area contributed by atoms with Crippen molar-refractivity contribution in [3.8, 4) is 11.5 Å². The van der Waals surface area contributed by atoms with Gasteiger partial charge in [-0.3, -0.25) is 14.4 Å². The van der Waals surface area contributed by atoms with Gasteiger partial charge in [0.1, 0.15) is 0 Å². The zero-order valence-electron chi connectivity index (χ0n) is 18.9. The number of aryl methyl sites for hydroxylation is 1. The molecular formula is C23H27ClN4O5. The first-order valence-corrected chi connectivity index (χ1v) is 10.6. The van der Waals surface area contributed by atoms with Gasteiger partial charge in [-0.1, -0.05) is 24.6 Å². The van der Waals surface area contributed by atoms with Crippen molar-refractivity contribution in [3.63, 3.8) is 0 Å². The van der Waals surface area contributed by atoms with Gasteiger partial charge in [-0.25, -0.2) is 5.43 Å². The highest BCUT2D eigenvalue weighted by atomic mass is 35.5. The van der Waals surface area contributed by atoms with Gasteiger partial charge in [-0.2, -0.15) is 5.10 Å². The average Bonchev–Trinajstić information content (AvgIpc) is 2.80. The number of carbonyl (C=O) groups is 3. The maximum absolute atomic E-state index is 12.2. The number of nitrogens with one attached hydrogen (secondary N) is 3. The van der Waals surface area contributed by atoms with Crippen LogP contribution in [0.1, 0.15) is 31.4 Å². The van der Waals surface area contributed by atoms with Crippen molar-refractivity contribution in [3.05, 3.63) is 52.5 Å². The second kappa shape index (κ2) is 12.4. The SMILES string of the molecule is CC[C@H](C)NC(=O)C(=O)N/N=C\c1ccc(OCC(=O)Nc2ccc(C)c(Cl)c2)c(OC)c1. The Morgan fingerprint density at radius 1 is 1.12 bits per heavy atom. The van der Waals surface area contributed by atoms with Gasteiger partial charge in [0, 0.05) is 16.8 Å². The summed E-state index contributed by atoms with van der Waals surface area (Å²) >= 11 is 6.07. The van der Waals surface area contributed by atoms with E-state index in [-0.39, 0.29) is 18.6 Å². The Kier molecular flexibility index (Phi) is 9.68. The number of amides is 3. The maximum Gasteiger partial charge on any atom is 0.329 e. The Hall–Kier alpha value is -3.59. The predicted molar refractivity (Wildman–Crippen MR) is 127 cm³/mol. The van der Waals surface area contributed by atoms with E-state index >= 15 is 0 Å². The second-order valence-electron chi connectivity index (χ2n) is 7.19. The zero-order valence-corrected chi connectivity index (χ0v) is 19.7. The second-order valence-corrected chi connectivity index (χ2v) is 7.60. The fourth-order valence-corrected chi connectivity index (χ4v) is 2.68. The molecule has 3 N–H and O–H groups in total. The van der Waals surface area contributed by atoms with E-state index in [1.165, 1.54) is 13.3 Å². The van der Waals surface area contributed by atoms with E-state index in [2.05, 4.69) is 21.2 Å². The van der Waals surface area contributed by atoms with Crippen LogP contribution in [0, 0.1) is 6.92 Å². The molecule has 0 saturated carbocycles. The molecule has 0 bridgehead atoms. The molecule has 0 saturated heterocycles. The molecule has 33 heavy (non-hydrogen) atoms. The standard InChI is InChI=1S/C23H27ClN4O5/c1-5-15(3)26-22(30)23(31)28-25-12-16-7-9-19(20(10-16)32-4)33-13-21(29)27-17-8-6-14(2)18(24)11-17/h6-12,15H,5,13H2,1-4H3,(H,26,30)(H,27,29)(H,28,31)/b25-12-/t15-/m0/s1. The van der Waals surface area contributed by atoms with E-state index < -0.39 is 11.8 Å². The highest BCUT2D eigenvalue weighted by Crippen LogP contribution is 2.27. The molecule has 3 amide bonds. The lowest BCUT2D eigenvalue weighted by atomic mass is 10.2. The third-order valence-corrected chi connectivity index (χ3v) is 4.99. The molecule has 2 aromatic carbocycles. The van der Waals surface area contributed by atoms with E-state index in [4.69, 9.17) is 21.1 Å². The Labute approximate surface area is 197 Å². The Morgan fingerprint density at radius 2 is 1.88 bits per heavy atom. The van der Waals surface area contributed by atoms with Gasteiger partial charge in [-0.15, -0.1) is 0 Å². The smallest absolute Gasteiger partial charge is 0.329 e. The molecule has 2 rings (SSSR count). The minimum absolute atomic E-state index is 0.110. The molecule has 0 aliphatic carbocycles. The minimum Gasteiger partial charge on any atom is -0.493 e. The molecule has 0 aromatic heterocycles. The normalized spacial score (nSPS) is 11.5. The fraction of sp³-hybridized carbons (Fsp3) is 0.304. The van der Waals surface area contributed by atoms with Crippen LogP contribution in [0.15, 0.2) is 41.5 Å². The number of rotatable bonds is 9. The molecule has 9 nitrogen and oxygen atoms in total. The number of nitrogens with zero attached hydrogens (tertiary/aromatic N) is 1. The Bertz CT molecular complexity index is 1040. The number of methoxy groups -OCH3 is 1. The summed E-state index contributed by atoms with van der Waals surface area (Å²) in [7, 11) is 1.46. The van der Waals surface area contributed by atoms with E-state index in [0.717, 1.165) is 5.56 Å². The van der Waals surface area contributed by atoms with Gasteiger partial charge in [0.2, 0.25) is 0 Å². The molecule has 0 aliphatic heterocycles. The van der Waals surface area contributed by atoms with Crippen molar-refractivity contribution in [2.45, 2.75) is 33.2 Å². The fourth-order valence-electron chi connectivity index (χ4n) is 2.50. The van der Waals surface area contributed by atoms with Crippen LogP contribution >= 0.6 is 11.6 Å². The molecule has 0 unspecified atom stereocenters. The summed E-state index contributed by atoms with van der Waals surface area (Å²) in [6.45, 7) is 5.33. The number of hydrogen-bond donors (Lipinski definition) is 3. The van der Waals surface area contributed by atoms with E-state index in [9.17, 15) is 14.4 Å². The lowest BCUT2D eigenvalue weighted by molar-refractivity contribution is -0.139. The Balaban J connectivity index is 1.92. The monoisotopic (exact) mass is 474 g/mol. The first-order valence-electron chi connectivity index (χ1n) is 10.2. The molecular weight excluding hydrogens is 448 g/mol. The number of carbonyl (C=O) groups excluding carboxylic acids is 3.